The van der Waals surface area contributed by atoms with Crippen molar-refractivity contribution in [2.45, 2.75) is 31.3 Å². The minimum Gasteiger partial charge on any atom is -0.497 e. The highest BCUT2D eigenvalue weighted by Gasteiger charge is 2.47. The summed E-state index contributed by atoms with van der Waals surface area (Å²) in [5, 5.41) is 3.60. The molecule has 1 aliphatic heterocycles. The number of hydrogen-bond donors (Lipinski definition) is 0. The molecule has 0 unspecified atom stereocenters. The summed E-state index contributed by atoms with van der Waals surface area (Å²) in [5.74, 6) is 1.05. The zero-order valence-corrected chi connectivity index (χ0v) is 14.7. The van der Waals surface area contributed by atoms with Crippen LogP contribution in [0.2, 0.25) is 0 Å². The zero-order chi connectivity index (χ0) is 18.4. The molecule has 1 heterocycles. The Morgan fingerprint density at radius 2 is 1.96 bits per heavy atom. The molecular formula is C16H22N4O5. The lowest BCUT2D eigenvalue weighted by atomic mass is 9.91. The predicted molar refractivity (Wildman–Crippen MR) is 89.2 cm³/mol. The number of carbonyl (C=O) groups is 1. The molecule has 25 heavy (non-hydrogen) atoms. The van der Waals surface area contributed by atoms with Gasteiger partial charge in [0, 0.05) is 43.7 Å². The third-order valence-corrected chi connectivity index (χ3v) is 4.27. The summed E-state index contributed by atoms with van der Waals surface area (Å²) in [5.41, 5.74) is 9.52. The van der Waals surface area contributed by atoms with E-state index in [4.69, 9.17) is 24.5 Å². The molecule has 1 saturated heterocycles. The average molecular weight is 350 g/mol. The van der Waals surface area contributed by atoms with Gasteiger partial charge in [0.1, 0.15) is 17.5 Å². The normalized spacial score (nSPS) is 19.4. The maximum Gasteiger partial charge on any atom is 0.234 e. The number of amides is 1. The minimum absolute atomic E-state index is 0.230. The number of ether oxygens (including phenoxy) is 4. The highest BCUT2D eigenvalue weighted by Crippen LogP contribution is 2.33. The number of benzene rings is 1. The Morgan fingerprint density at radius 3 is 2.52 bits per heavy atom. The van der Waals surface area contributed by atoms with Crippen molar-refractivity contribution in [3.63, 3.8) is 0 Å². The lowest BCUT2D eigenvalue weighted by Crippen LogP contribution is -2.64. The van der Waals surface area contributed by atoms with E-state index in [2.05, 4.69) is 10.0 Å². The lowest BCUT2D eigenvalue weighted by Gasteiger charge is -2.46. The number of nitrogens with zero attached hydrogens (tertiary/aromatic N) is 4. The predicted octanol–water partition coefficient (Wildman–Crippen LogP) is 2.10. The molecule has 0 saturated carbocycles. The molecule has 2 rings (SSSR count). The van der Waals surface area contributed by atoms with E-state index < -0.39 is 12.3 Å². The Kier molecular flexibility index (Phi) is 6.46. The summed E-state index contributed by atoms with van der Waals surface area (Å²) < 4.78 is 21.0. The first-order valence-corrected chi connectivity index (χ1v) is 7.70. The fraction of sp³-hybridized carbons (Fsp3) is 0.562. The fourth-order valence-corrected chi connectivity index (χ4v) is 2.87. The van der Waals surface area contributed by atoms with Crippen LogP contribution in [-0.4, -0.2) is 57.6 Å². The first-order valence-electron chi connectivity index (χ1n) is 7.70. The maximum atomic E-state index is 12.4. The molecule has 1 amide bonds. The van der Waals surface area contributed by atoms with Crippen molar-refractivity contribution in [1.29, 1.82) is 0 Å². The summed E-state index contributed by atoms with van der Waals surface area (Å²) in [6, 6.07) is 4.34. The molecular weight excluding hydrogens is 328 g/mol. The second-order valence-electron chi connectivity index (χ2n) is 5.50. The molecule has 9 nitrogen and oxygen atoms in total. The van der Waals surface area contributed by atoms with E-state index in [1.165, 1.54) is 14.2 Å². The number of carbonyl (C=O) groups excluding carboxylic acids is 1. The maximum absolute atomic E-state index is 12.4. The van der Waals surface area contributed by atoms with E-state index in [0.29, 0.717) is 24.5 Å². The molecule has 136 valence electrons. The average Bonchev–Trinajstić information content (AvgIpc) is 2.66. The van der Waals surface area contributed by atoms with E-state index in [9.17, 15) is 4.79 Å². The monoisotopic (exact) mass is 350 g/mol. The van der Waals surface area contributed by atoms with Gasteiger partial charge in [0.2, 0.25) is 5.91 Å². The summed E-state index contributed by atoms with van der Waals surface area (Å²) in [4.78, 5) is 16.8. The van der Waals surface area contributed by atoms with Crippen molar-refractivity contribution in [2.24, 2.45) is 5.11 Å². The number of β-lactam (4-membered cyclic amide) rings is 1. The lowest BCUT2D eigenvalue weighted by molar-refractivity contribution is -0.162. The third kappa shape index (κ3) is 3.96. The van der Waals surface area contributed by atoms with E-state index in [-0.39, 0.29) is 11.9 Å². The van der Waals surface area contributed by atoms with E-state index >= 15 is 0 Å². The number of rotatable bonds is 9. The second kappa shape index (κ2) is 8.57. The van der Waals surface area contributed by atoms with Crippen LogP contribution in [0.3, 0.4) is 0 Å². The molecule has 0 N–H and O–H groups in total. The van der Waals surface area contributed by atoms with Crippen molar-refractivity contribution >= 4 is 5.91 Å². The van der Waals surface area contributed by atoms with Gasteiger partial charge < -0.3 is 23.8 Å². The van der Waals surface area contributed by atoms with E-state index in [0.717, 1.165) is 5.56 Å². The Balaban J connectivity index is 2.21. The highest BCUT2D eigenvalue weighted by atomic mass is 16.7. The van der Waals surface area contributed by atoms with Crippen LogP contribution >= 0.6 is 0 Å². The first kappa shape index (κ1) is 18.9. The Morgan fingerprint density at radius 1 is 1.24 bits per heavy atom. The van der Waals surface area contributed by atoms with Crippen molar-refractivity contribution in [1.82, 2.24) is 4.90 Å². The van der Waals surface area contributed by atoms with Gasteiger partial charge in [-0.15, -0.1) is 0 Å². The van der Waals surface area contributed by atoms with Crippen molar-refractivity contribution in [3.05, 3.63) is 34.2 Å². The van der Waals surface area contributed by atoms with Crippen molar-refractivity contribution < 1.29 is 23.7 Å². The number of likely N-dealkylation sites (tertiary alicyclic amines) is 1. The summed E-state index contributed by atoms with van der Waals surface area (Å²) in [6.07, 6.45) is -0.0873. The van der Waals surface area contributed by atoms with Gasteiger partial charge in [-0.25, -0.2) is 0 Å². The first-order chi connectivity index (χ1) is 12.1. The number of methoxy groups -OCH3 is 4. The van der Waals surface area contributed by atoms with Gasteiger partial charge in [0.15, 0.2) is 6.29 Å². The largest absolute Gasteiger partial charge is 0.497 e. The van der Waals surface area contributed by atoms with Gasteiger partial charge in [-0.2, -0.15) is 0 Å². The van der Waals surface area contributed by atoms with Gasteiger partial charge in [-0.1, -0.05) is 5.11 Å². The van der Waals surface area contributed by atoms with Crippen molar-refractivity contribution in [2.75, 3.05) is 28.4 Å². The van der Waals surface area contributed by atoms with Gasteiger partial charge >= 0.3 is 0 Å². The molecule has 1 aromatic rings. The molecule has 1 aromatic carbocycles. The van der Waals surface area contributed by atoms with Crippen LogP contribution in [0.5, 0.6) is 11.5 Å². The Labute approximate surface area is 146 Å². The molecule has 2 atom stereocenters. The standard InChI is InChI=1S/C16H22N4O5/c1-22-11-6-5-10(13(7-11)23-2)9-20-12(8-14(24-3)25-4)15(16(20)21)18-19-17/h5-7,12,14-15H,8-9H2,1-4H3/t12-,15+/m0/s1. The van der Waals surface area contributed by atoms with Crippen LogP contribution in [0.1, 0.15) is 12.0 Å². The topological polar surface area (TPSA) is 106 Å². The molecule has 0 bridgehead atoms. The van der Waals surface area contributed by atoms with Gasteiger partial charge in [-0.05, 0) is 17.7 Å². The highest BCUT2D eigenvalue weighted by molar-refractivity contribution is 5.89. The summed E-state index contributed by atoms with van der Waals surface area (Å²) in [6.45, 7) is 0.328. The van der Waals surface area contributed by atoms with Gasteiger partial charge in [0.25, 0.3) is 0 Å². The van der Waals surface area contributed by atoms with Gasteiger partial charge in [-0.3, -0.25) is 4.79 Å². The molecule has 0 aliphatic carbocycles. The molecule has 0 radical (unpaired) electrons. The quantitative estimate of drug-likeness (QED) is 0.223. The third-order valence-electron chi connectivity index (χ3n) is 4.27. The number of azide groups is 1. The van der Waals surface area contributed by atoms with E-state index in [1.807, 2.05) is 6.07 Å². The summed E-state index contributed by atoms with van der Waals surface area (Å²) in [7, 11) is 6.17. The van der Waals surface area contributed by atoms with Gasteiger partial charge in [0.05, 0.1) is 20.3 Å². The van der Waals surface area contributed by atoms with Crippen LogP contribution in [0.25, 0.3) is 10.4 Å². The van der Waals surface area contributed by atoms with Crippen LogP contribution in [-0.2, 0) is 20.8 Å². The smallest absolute Gasteiger partial charge is 0.234 e. The Hall–Kier alpha value is -2.48. The summed E-state index contributed by atoms with van der Waals surface area (Å²) >= 11 is 0. The molecule has 0 spiro atoms. The second-order valence-corrected chi connectivity index (χ2v) is 5.50. The number of hydrogen-bond acceptors (Lipinski definition) is 6. The SMILES string of the molecule is COc1ccc(CN2C(=O)[C@H](N=[N+]=[N-])[C@@H]2CC(OC)OC)c(OC)c1. The minimum atomic E-state index is -0.748. The van der Waals surface area contributed by atoms with Crippen LogP contribution < -0.4 is 9.47 Å². The molecule has 0 aromatic heterocycles. The van der Waals surface area contributed by atoms with Crippen LogP contribution in [0, 0.1) is 0 Å². The van der Waals surface area contributed by atoms with Crippen LogP contribution in [0.15, 0.2) is 23.3 Å². The van der Waals surface area contributed by atoms with Crippen molar-refractivity contribution in [3.8, 4) is 11.5 Å². The molecule has 9 heteroatoms. The zero-order valence-electron chi connectivity index (χ0n) is 14.7. The fourth-order valence-electron chi connectivity index (χ4n) is 2.87. The van der Waals surface area contributed by atoms with Crippen LogP contribution in [0.4, 0.5) is 0 Å². The molecule has 1 fully saturated rings. The molecule has 1 aliphatic rings. The Bertz CT molecular complexity index is 658. The van der Waals surface area contributed by atoms with E-state index in [1.54, 1.807) is 31.3 Å².